The number of rotatable bonds is 6. The fourth-order valence-corrected chi connectivity index (χ4v) is 2.90. The van der Waals surface area contributed by atoms with Gasteiger partial charge in [-0.2, -0.15) is 0 Å². The Bertz CT molecular complexity index is 413. The molecule has 0 aliphatic carbocycles. The van der Waals surface area contributed by atoms with Crippen molar-refractivity contribution < 1.29 is 4.74 Å². The van der Waals surface area contributed by atoms with Gasteiger partial charge in [0.15, 0.2) is 0 Å². The highest BCUT2D eigenvalue weighted by Crippen LogP contribution is 2.25. The van der Waals surface area contributed by atoms with E-state index in [1.807, 2.05) is 0 Å². The molecule has 0 radical (unpaired) electrons. The molecule has 1 fully saturated rings. The molecule has 0 bridgehead atoms. The fourth-order valence-electron chi connectivity index (χ4n) is 2.90. The predicted octanol–water partition coefficient (Wildman–Crippen LogP) is 3.11. The molecule has 1 N–H and O–H groups in total. The molecule has 1 aromatic rings. The quantitative estimate of drug-likeness (QED) is 0.808. The van der Waals surface area contributed by atoms with Gasteiger partial charge in [0.05, 0.1) is 0 Å². The van der Waals surface area contributed by atoms with Crippen LogP contribution >= 0.6 is 0 Å². The highest BCUT2D eigenvalue weighted by atomic mass is 16.5. The molecule has 1 heterocycles. The van der Waals surface area contributed by atoms with Crippen LogP contribution in [0.4, 0.5) is 5.69 Å². The number of nitrogens with zero attached hydrogens (tertiary/aromatic N) is 1. The van der Waals surface area contributed by atoms with Crippen LogP contribution in [0.25, 0.3) is 0 Å². The van der Waals surface area contributed by atoms with Gasteiger partial charge in [-0.1, -0.05) is 19.1 Å². The van der Waals surface area contributed by atoms with E-state index in [2.05, 4.69) is 49.3 Å². The van der Waals surface area contributed by atoms with E-state index in [9.17, 15) is 0 Å². The Balaban J connectivity index is 2.00. The highest BCUT2D eigenvalue weighted by molar-refractivity contribution is 5.54. The van der Waals surface area contributed by atoms with Gasteiger partial charge in [0, 0.05) is 38.5 Å². The van der Waals surface area contributed by atoms with Crippen molar-refractivity contribution in [2.45, 2.75) is 45.7 Å². The van der Waals surface area contributed by atoms with E-state index in [4.69, 9.17) is 4.74 Å². The third kappa shape index (κ3) is 3.97. The molecule has 20 heavy (non-hydrogen) atoms. The molecule has 0 amide bonds. The summed E-state index contributed by atoms with van der Waals surface area (Å²) in [5.74, 6) is 0. The Morgan fingerprint density at radius 1 is 1.30 bits per heavy atom. The van der Waals surface area contributed by atoms with Crippen LogP contribution in [-0.4, -0.2) is 32.8 Å². The van der Waals surface area contributed by atoms with E-state index in [1.54, 1.807) is 0 Å². The molecule has 3 nitrogen and oxygen atoms in total. The summed E-state index contributed by atoms with van der Waals surface area (Å²) in [6, 6.07) is 7.45. The number of anilines is 1. The third-order valence-corrected chi connectivity index (χ3v) is 4.14. The zero-order valence-electron chi connectivity index (χ0n) is 13.1. The minimum atomic E-state index is 0.617. The van der Waals surface area contributed by atoms with E-state index in [0.717, 1.165) is 39.1 Å². The maximum Gasteiger partial charge on any atom is 0.0485 e. The van der Waals surface area contributed by atoms with Crippen LogP contribution in [0.3, 0.4) is 0 Å². The first-order valence-corrected chi connectivity index (χ1v) is 7.83. The van der Waals surface area contributed by atoms with Crippen LogP contribution in [0.15, 0.2) is 18.2 Å². The number of nitrogens with one attached hydrogen (secondary N) is 1. The van der Waals surface area contributed by atoms with Gasteiger partial charge in [-0.15, -0.1) is 0 Å². The number of benzene rings is 1. The Morgan fingerprint density at radius 2 is 2.05 bits per heavy atom. The van der Waals surface area contributed by atoms with Crippen molar-refractivity contribution in [3.05, 3.63) is 29.3 Å². The summed E-state index contributed by atoms with van der Waals surface area (Å²) in [5, 5.41) is 3.46. The van der Waals surface area contributed by atoms with Crippen molar-refractivity contribution in [1.82, 2.24) is 5.32 Å². The second kappa shape index (κ2) is 7.65. The van der Waals surface area contributed by atoms with E-state index in [-0.39, 0.29) is 0 Å². The molecule has 1 aliphatic heterocycles. The number of hydrogen-bond donors (Lipinski definition) is 1. The molecule has 0 spiro atoms. The van der Waals surface area contributed by atoms with E-state index in [0.29, 0.717) is 6.04 Å². The first-order valence-electron chi connectivity index (χ1n) is 7.83. The van der Waals surface area contributed by atoms with Crippen LogP contribution in [-0.2, 0) is 11.3 Å². The molecule has 1 aromatic carbocycles. The predicted molar refractivity (Wildman–Crippen MR) is 85.4 cm³/mol. The molecule has 0 aromatic heterocycles. The summed E-state index contributed by atoms with van der Waals surface area (Å²) >= 11 is 0. The molecule has 1 saturated heterocycles. The first-order chi connectivity index (χ1) is 9.72. The smallest absolute Gasteiger partial charge is 0.0485 e. The lowest BCUT2D eigenvalue weighted by Gasteiger charge is -2.34. The Kier molecular flexibility index (Phi) is 5.86. The van der Waals surface area contributed by atoms with Gasteiger partial charge in [0.2, 0.25) is 0 Å². The van der Waals surface area contributed by atoms with Crippen molar-refractivity contribution in [2.24, 2.45) is 0 Å². The van der Waals surface area contributed by atoms with Gasteiger partial charge in [-0.05, 0) is 49.9 Å². The van der Waals surface area contributed by atoms with Gasteiger partial charge in [-0.3, -0.25) is 0 Å². The van der Waals surface area contributed by atoms with Crippen LogP contribution in [0, 0.1) is 6.92 Å². The maximum absolute atomic E-state index is 5.46. The van der Waals surface area contributed by atoms with Crippen LogP contribution in [0.5, 0.6) is 0 Å². The monoisotopic (exact) mass is 276 g/mol. The summed E-state index contributed by atoms with van der Waals surface area (Å²) in [5.41, 5.74) is 4.10. The molecule has 0 saturated carbocycles. The lowest BCUT2D eigenvalue weighted by molar-refractivity contribution is 0.0854. The van der Waals surface area contributed by atoms with Crippen LogP contribution in [0.2, 0.25) is 0 Å². The lowest BCUT2D eigenvalue weighted by Crippen LogP contribution is -2.37. The normalized spacial score (nSPS) is 16.4. The van der Waals surface area contributed by atoms with Crippen molar-refractivity contribution in [3.8, 4) is 0 Å². The zero-order chi connectivity index (χ0) is 14.4. The number of aryl methyl sites for hydroxylation is 1. The fraction of sp³-hybridized carbons (Fsp3) is 0.647. The Hall–Kier alpha value is -1.06. The lowest BCUT2D eigenvalue weighted by atomic mass is 10.0. The Labute approximate surface area is 123 Å². The van der Waals surface area contributed by atoms with E-state index in [1.165, 1.54) is 23.2 Å². The topological polar surface area (TPSA) is 24.5 Å². The van der Waals surface area contributed by atoms with Crippen molar-refractivity contribution in [1.29, 1.82) is 0 Å². The molecule has 0 atom stereocenters. The average molecular weight is 276 g/mol. The standard InChI is InChI=1S/C17H28N2O/c1-4-9-18-13-15-5-6-17(14(2)12-15)19(3)16-7-10-20-11-8-16/h5-6,12,16,18H,4,7-11,13H2,1-3H3. The van der Waals surface area contributed by atoms with Crippen molar-refractivity contribution >= 4 is 5.69 Å². The van der Waals surface area contributed by atoms with Gasteiger partial charge in [0.1, 0.15) is 0 Å². The van der Waals surface area contributed by atoms with Gasteiger partial charge >= 0.3 is 0 Å². The molecular formula is C17H28N2O. The van der Waals surface area contributed by atoms with Crippen LogP contribution in [0.1, 0.15) is 37.3 Å². The second-order valence-electron chi connectivity index (χ2n) is 5.75. The molecular weight excluding hydrogens is 248 g/mol. The highest BCUT2D eigenvalue weighted by Gasteiger charge is 2.19. The average Bonchev–Trinajstić information content (AvgIpc) is 2.48. The molecule has 3 heteroatoms. The van der Waals surface area contributed by atoms with Gasteiger partial charge in [0.25, 0.3) is 0 Å². The molecule has 2 rings (SSSR count). The zero-order valence-corrected chi connectivity index (χ0v) is 13.1. The minimum absolute atomic E-state index is 0.617. The SMILES string of the molecule is CCCNCc1ccc(N(C)C2CCOCC2)c(C)c1. The second-order valence-corrected chi connectivity index (χ2v) is 5.75. The van der Waals surface area contributed by atoms with Gasteiger partial charge in [-0.25, -0.2) is 0 Å². The van der Waals surface area contributed by atoms with E-state index >= 15 is 0 Å². The summed E-state index contributed by atoms with van der Waals surface area (Å²) in [6.45, 7) is 8.26. The third-order valence-electron chi connectivity index (χ3n) is 4.14. The largest absolute Gasteiger partial charge is 0.381 e. The first kappa shape index (κ1) is 15.3. The summed E-state index contributed by atoms with van der Waals surface area (Å²) in [6.07, 6.45) is 3.45. The Morgan fingerprint density at radius 3 is 2.70 bits per heavy atom. The van der Waals surface area contributed by atoms with Crippen molar-refractivity contribution in [2.75, 3.05) is 31.7 Å². The van der Waals surface area contributed by atoms with Gasteiger partial charge < -0.3 is 15.0 Å². The molecule has 1 aliphatic rings. The van der Waals surface area contributed by atoms with Crippen LogP contribution < -0.4 is 10.2 Å². The summed E-state index contributed by atoms with van der Waals surface area (Å²) in [7, 11) is 2.22. The molecule has 112 valence electrons. The number of hydrogen-bond acceptors (Lipinski definition) is 3. The van der Waals surface area contributed by atoms with E-state index < -0.39 is 0 Å². The summed E-state index contributed by atoms with van der Waals surface area (Å²) in [4.78, 5) is 2.43. The maximum atomic E-state index is 5.46. The van der Waals surface area contributed by atoms with Crippen molar-refractivity contribution in [3.63, 3.8) is 0 Å². The number of ether oxygens (including phenoxy) is 1. The minimum Gasteiger partial charge on any atom is -0.381 e. The summed E-state index contributed by atoms with van der Waals surface area (Å²) < 4.78 is 5.46. The molecule has 0 unspecified atom stereocenters.